The lowest BCUT2D eigenvalue weighted by atomic mass is 10.4. The van der Waals surface area contributed by atoms with E-state index in [2.05, 4.69) is 42.2 Å². The normalized spacial score (nSPS) is 10.3. The molecule has 0 saturated carbocycles. The average Bonchev–Trinajstić information content (AvgIpc) is 2.69. The van der Waals surface area contributed by atoms with Crippen molar-refractivity contribution in [2.45, 2.75) is 6.54 Å². The van der Waals surface area contributed by atoms with Gasteiger partial charge in [0.05, 0.1) is 17.3 Å². The molecular weight excluding hydrogens is 324 g/mol. The largest absolute Gasteiger partial charge is 0.467 e. The second-order valence-electron chi connectivity index (χ2n) is 2.92. The van der Waals surface area contributed by atoms with E-state index < -0.39 is 0 Å². The van der Waals surface area contributed by atoms with Gasteiger partial charge in [0.2, 0.25) is 0 Å². The first-order chi connectivity index (χ1) is 7.25. The zero-order chi connectivity index (χ0) is 10.7. The van der Waals surface area contributed by atoms with Crippen LogP contribution in [0.5, 0.6) is 0 Å². The van der Waals surface area contributed by atoms with Crippen LogP contribution in [0.15, 0.2) is 44.0 Å². The molecule has 2 rings (SSSR count). The summed E-state index contributed by atoms with van der Waals surface area (Å²) in [5, 5.41) is 3.17. The Morgan fingerprint density at radius 3 is 2.93 bits per heavy atom. The first kappa shape index (κ1) is 10.7. The van der Waals surface area contributed by atoms with Crippen LogP contribution in [0.1, 0.15) is 5.76 Å². The van der Waals surface area contributed by atoms with Crippen molar-refractivity contribution in [1.82, 2.24) is 4.98 Å². The van der Waals surface area contributed by atoms with Crippen molar-refractivity contribution in [3.05, 3.63) is 45.4 Å². The Morgan fingerprint density at radius 1 is 1.40 bits per heavy atom. The maximum absolute atomic E-state index is 5.20. The fourth-order valence-corrected chi connectivity index (χ4v) is 2.26. The second-order valence-corrected chi connectivity index (χ2v) is 4.69. The topological polar surface area (TPSA) is 38.1 Å². The molecule has 0 aliphatic rings. The van der Waals surface area contributed by atoms with Crippen LogP contribution in [0.25, 0.3) is 0 Å². The van der Waals surface area contributed by atoms with Gasteiger partial charge < -0.3 is 9.73 Å². The van der Waals surface area contributed by atoms with E-state index in [1.165, 1.54) is 0 Å². The van der Waals surface area contributed by atoms with Crippen LogP contribution in [0.3, 0.4) is 0 Å². The fourth-order valence-electron chi connectivity index (χ4n) is 1.13. The Labute approximate surface area is 104 Å². The van der Waals surface area contributed by atoms with Crippen molar-refractivity contribution >= 4 is 37.7 Å². The zero-order valence-electron chi connectivity index (χ0n) is 7.71. The van der Waals surface area contributed by atoms with Crippen molar-refractivity contribution in [2.75, 3.05) is 5.32 Å². The molecule has 0 aliphatic heterocycles. The predicted molar refractivity (Wildman–Crippen MR) is 65.7 cm³/mol. The SMILES string of the molecule is Brc1cnc(NCc2ccco2)c(Br)c1. The molecule has 0 aromatic carbocycles. The minimum atomic E-state index is 0.625. The molecule has 2 heterocycles. The highest BCUT2D eigenvalue weighted by Gasteiger charge is 2.02. The highest BCUT2D eigenvalue weighted by atomic mass is 79.9. The second kappa shape index (κ2) is 4.81. The summed E-state index contributed by atoms with van der Waals surface area (Å²) in [7, 11) is 0. The van der Waals surface area contributed by atoms with Gasteiger partial charge in [-0.25, -0.2) is 4.98 Å². The number of anilines is 1. The first-order valence-electron chi connectivity index (χ1n) is 4.33. The Hall–Kier alpha value is -0.810. The molecule has 3 nitrogen and oxygen atoms in total. The summed E-state index contributed by atoms with van der Waals surface area (Å²) in [4.78, 5) is 4.23. The molecule has 0 spiro atoms. The van der Waals surface area contributed by atoms with Gasteiger partial charge in [-0.2, -0.15) is 0 Å². The van der Waals surface area contributed by atoms with Crippen LogP contribution in [-0.2, 0) is 6.54 Å². The van der Waals surface area contributed by atoms with Crippen molar-refractivity contribution in [3.8, 4) is 0 Å². The monoisotopic (exact) mass is 330 g/mol. The van der Waals surface area contributed by atoms with Crippen LogP contribution in [0, 0.1) is 0 Å². The third-order valence-corrected chi connectivity index (χ3v) is 2.86. The molecule has 2 aromatic heterocycles. The lowest BCUT2D eigenvalue weighted by molar-refractivity contribution is 0.518. The standard InChI is InChI=1S/C10H8Br2N2O/c11-7-4-9(12)10(13-5-7)14-6-8-2-1-3-15-8/h1-5H,6H2,(H,13,14). The van der Waals surface area contributed by atoms with Gasteiger partial charge in [-0.1, -0.05) is 0 Å². The van der Waals surface area contributed by atoms with Crippen molar-refractivity contribution in [2.24, 2.45) is 0 Å². The quantitative estimate of drug-likeness (QED) is 0.929. The minimum Gasteiger partial charge on any atom is -0.467 e. The Bertz CT molecular complexity index is 443. The predicted octanol–water partition coefficient (Wildman–Crippen LogP) is 3.81. The van der Waals surface area contributed by atoms with E-state index in [4.69, 9.17) is 4.42 Å². The Kier molecular flexibility index (Phi) is 3.43. The van der Waals surface area contributed by atoms with E-state index in [1.807, 2.05) is 18.2 Å². The number of pyridine rings is 1. The molecule has 2 aromatic rings. The minimum absolute atomic E-state index is 0.625. The van der Waals surface area contributed by atoms with Crippen LogP contribution >= 0.6 is 31.9 Å². The van der Waals surface area contributed by atoms with Crippen molar-refractivity contribution in [3.63, 3.8) is 0 Å². The average molecular weight is 332 g/mol. The Balaban J connectivity index is 2.05. The highest BCUT2D eigenvalue weighted by Crippen LogP contribution is 2.23. The number of nitrogens with zero attached hydrogens (tertiary/aromatic N) is 1. The first-order valence-corrected chi connectivity index (χ1v) is 5.91. The molecule has 0 atom stereocenters. The molecule has 0 fully saturated rings. The van der Waals surface area contributed by atoms with E-state index in [0.717, 1.165) is 20.5 Å². The summed E-state index contributed by atoms with van der Waals surface area (Å²) < 4.78 is 7.07. The third-order valence-electron chi connectivity index (χ3n) is 1.82. The zero-order valence-corrected chi connectivity index (χ0v) is 10.9. The summed E-state index contributed by atoms with van der Waals surface area (Å²) in [5.74, 6) is 1.68. The third kappa shape index (κ3) is 2.82. The molecule has 5 heteroatoms. The van der Waals surface area contributed by atoms with E-state index in [1.54, 1.807) is 12.5 Å². The van der Waals surface area contributed by atoms with Gasteiger partial charge in [0.1, 0.15) is 11.6 Å². The van der Waals surface area contributed by atoms with Crippen LogP contribution in [0.2, 0.25) is 0 Å². The summed E-state index contributed by atoms with van der Waals surface area (Å²) in [6.45, 7) is 0.625. The number of halogens is 2. The van der Waals surface area contributed by atoms with E-state index in [-0.39, 0.29) is 0 Å². The molecule has 0 unspecified atom stereocenters. The van der Waals surface area contributed by atoms with Crippen LogP contribution in [-0.4, -0.2) is 4.98 Å². The molecule has 1 N–H and O–H groups in total. The number of rotatable bonds is 3. The van der Waals surface area contributed by atoms with Gasteiger partial charge in [0.25, 0.3) is 0 Å². The number of hydrogen-bond donors (Lipinski definition) is 1. The van der Waals surface area contributed by atoms with Gasteiger partial charge in [-0.3, -0.25) is 0 Å². The molecule has 0 saturated heterocycles. The smallest absolute Gasteiger partial charge is 0.140 e. The molecule has 0 bridgehead atoms. The maximum Gasteiger partial charge on any atom is 0.140 e. The van der Waals surface area contributed by atoms with Gasteiger partial charge >= 0.3 is 0 Å². The summed E-state index contributed by atoms with van der Waals surface area (Å²) in [5.41, 5.74) is 0. The number of hydrogen-bond acceptors (Lipinski definition) is 3. The van der Waals surface area contributed by atoms with E-state index >= 15 is 0 Å². The van der Waals surface area contributed by atoms with Crippen molar-refractivity contribution < 1.29 is 4.42 Å². The van der Waals surface area contributed by atoms with Crippen LogP contribution in [0.4, 0.5) is 5.82 Å². The van der Waals surface area contributed by atoms with Gasteiger partial charge in [-0.15, -0.1) is 0 Å². The maximum atomic E-state index is 5.20. The molecule has 78 valence electrons. The summed E-state index contributed by atoms with van der Waals surface area (Å²) >= 11 is 6.77. The highest BCUT2D eigenvalue weighted by molar-refractivity contribution is 9.11. The summed E-state index contributed by atoms with van der Waals surface area (Å²) in [6.07, 6.45) is 3.40. The molecule has 0 radical (unpaired) electrons. The lowest BCUT2D eigenvalue weighted by Crippen LogP contribution is -2.00. The van der Waals surface area contributed by atoms with E-state index in [9.17, 15) is 0 Å². The Morgan fingerprint density at radius 2 is 2.27 bits per heavy atom. The van der Waals surface area contributed by atoms with Gasteiger partial charge in [-0.05, 0) is 50.1 Å². The van der Waals surface area contributed by atoms with E-state index in [0.29, 0.717) is 6.54 Å². The van der Waals surface area contributed by atoms with Crippen LogP contribution < -0.4 is 5.32 Å². The van der Waals surface area contributed by atoms with Gasteiger partial charge in [0.15, 0.2) is 0 Å². The lowest BCUT2D eigenvalue weighted by Gasteiger charge is -2.05. The molecule has 15 heavy (non-hydrogen) atoms. The number of nitrogens with one attached hydrogen (secondary N) is 1. The molecule has 0 amide bonds. The fraction of sp³-hybridized carbons (Fsp3) is 0.100. The number of furan rings is 1. The van der Waals surface area contributed by atoms with Crippen molar-refractivity contribution in [1.29, 1.82) is 0 Å². The molecular formula is C10H8Br2N2O. The summed E-state index contributed by atoms with van der Waals surface area (Å²) in [6, 6.07) is 5.72. The molecule has 0 aliphatic carbocycles. The number of aromatic nitrogens is 1. The van der Waals surface area contributed by atoms with Gasteiger partial charge in [0, 0.05) is 10.7 Å².